The van der Waals surface area contributed by atoms with E-state index in [9.17, 15) is 8.42 Å². The Morgan fingerprint density at radius 3 is 2.67 bits per heavy atom. The average Bonchev–Trinajstić information content (AvgIpc) is 2.71. The summed E-state index contributed by atoms with van der Waals surface area (Å²) in [6.45, 7) is 1.90. The first-order chi connectivity index (χ1) is 8.38. The first kappa shape index (κ1) is 13.4. The van der Waals surface area contributed by atoms with Crippen LogP contribution in [-0.2, 0) is 10.0 Å². The highest BCUT2D eigenvalue weighted by Crippen LogP contribution is 2.28. The number of benzene rings is 1. The quantitative estimate of drug-likeness (QED) is 0.896. The molecular weight excluding hydrogens is 336 g/mol. The zero-order chi connectivity index (χ0) is 13.3. The van der Waals surface area contributed by atoms with Crippen molar-refractivity contribution in [1.82, 2.24) is 0 Å². The second kappa shape index (κ2) is 4.91. The summed E-state index contributed by atoms with van der Waals surface area (Å²) in [5.41, 5.74) is 7.47. The minimum atomic E-state index is -3.57. The normalized spacial score (nSPS) is 11.4. The van der Waals surface area contributed by atoms with E-state index in [1.165, 1.54) is 6.07 Å². The van der Waals surface area contributed by atoms with Crippen molar-refractivity contribution in [2.24, 2.45) is 0 Å². The molecule has 0 amide bonds. The van der Waals surface area contributed by atoms with Crippen molar-refractivity contribution in [2.45, 2.75) is 11.1 Å². The van der Waals surface area contributed by atoms with Gasteiger partial charge in [0, 0.05) is 15.5 Å². The van der Waals surface area contributed by atoms with E-state index >= 15 is 0 Å². The van der Waals surface area contributed by atoms with Crippen molar-refractivity contribution >= 4 is 48.7 Å². The summed E-state index contributed by atoms with van der Waals surface area (Å²) in [4.78, 5) is 0. The summed E-state index contributed by atoms with van der Waals surface area (Å²) < 4.78 is 27.6. The van der Waals surface area contributed by atoms with Crippen molar-refractivity contribution in [3.63, 3.8) is 0 Å². The standard InChI is InChI=1S/C11H11BrN2O2S2/c1-7-2-3-9(12)10(4-7)14-18(15,16)11-5-8(13)6-17-11/h2-6,14H,13H2,1H3. The van der Waals surface area contributed by atoms with Gasteiger partial charge in [0.2, 0.25) is 0 Å². The zero-order valence-electron chi connectivity index (χ0n) is 9.48. The van der Waals surface area contributed by atoms with Crippen LogP contribution in [0.15, 0.2) is 38.3 Å². The van der Waals surface area contributed by atoms with Gasteiger partial charge in [-0.15, -0.1) is 11.3 Å². The van der Waals surface area contributed by atoms with Gasteiger partial charge in [-0.1, -0.05) is 6.07 Å². The Morgan fingerprint density at radius 1 is 1.33 bits per heavy atom. The molecule has 0 atom stereocenters. The summed E-state index contributed by atoms with van der Waals surface area (Å²) in [6.07, 6.45) is 0. The number of thiophene rings is 1. The molecule has 1 aromatic heterocycles. The van der Waals surface area contributed by atoms with Crippen molar-refractivity contribution in [3.05, 3.63) is 39.7 Å². The molecule has 0 aliphatic heterocycles. The molecule has 0 bridgehead atoms. The first-order valence-corrected chi connectivity index (χ1v) is 8.17. The van der Waals surface area contributed by atoms with Gasteiger partial charge in [-0.3, -0.25) is 4.72 Å². The number of hydrogen-bond acceptors (Lipinski definition) is 4. The van der Waals surface area contributed by atoms with E-state index in [1.54, 1.807) is 17.5 Å². The Hall–Kier alpha value is -1.05. The third-order valence-corrected chi connectivity index (χ3v) is 5.74. The molecule has 96 valence electrons. The van der Waals surface area contributed by atoms with E-state index in [0.29, 0.717) is 15.8 Å². The van der Waals surface area contributed by atoms with E-state index in [2.05, 4.69) is 20.7 Å². The molecular formula is C11H11BrN2O2S2. The molecule has 1 aromatic carbocycles. The van der Waals surface area contributed by atoms with Crippen LogP contribution >= 0.6 is 27.3 Å². The molecule has 0 aliphatic carbocycles. The molecule has 0 saturated carbocycles. The lowest BCUT2D eigenvalue weighted by molar-refractivity contribution is 0.603. The van der Waals surface area contributed by atoms with Gasteiger partial charge in [-0.05, 0) is 46.6 Å². The van der Waals surface area contributed by atoms with E-state index < -0.39 is 10.0 Å². The molecule has 2 rings (SSSR count). The Balaban J connectivity index is 2.36. The summed E-state index contributed by atoms with van der Waals surface area (Å²) in [7, 11) is -3.57. The van der Waals surface area contributed by atoms with Crippen LogP contribution in [0.3, 0.4) is 0 Å². The number of halogens is 1. The molecule has 4 nitrogen and oxygen atoms in total. The van der Waals surface area contributed by atoms with E-state index in [0.717, 1.165) is 16.9 Å². The highest BCUT2D eigenvalue weighted by Gasteiger charge is 2.17. The number of nitrogens with one attached hydrogen (secondary N) is 1. The topological polar surface area (TPSA) is 72.2 Å². The molecule has 0 unspecified atom stereocenters. The SMILES string of the molecule is Cc1ccc(Br)c(NS(=O)(=O)c2cc(N)cs2)c1. The number of aryl methyl sites for hydroxylation is 1. The average molecular weight is 347 g/mol. The monoisotopic (exact) mass is 346 g/mol. The van der Waals surface area contributed by atoms with Gasteiger partial charge in [-0.2, -0.15) is 0 Å². The summed E-state index contributed by atoms with van der Waals surface area (Å²) >= 11 is 4.41. The Morgan fingerprint density at radius 2 is 2.06 bits per heavy atom. The number of nitrogens with two attached hydrogens (primary N) is 1. The lowest BCUT2D eigenvalue weighted by atomic mass is 10.2. The van der Waals surface area contributed by atoms with Crippen molar-refractivity contribution < 1.29 is 8.42 Å². The van der Waals surface area contributed by atoms with Crippen molar-refractivity contribution in [1.29, 1.82) is 0 Å². The first-order valence-electron chi connectivity index (χ1n) is 5.01. The van der Waals surface area contributed by atoms with Gasteiger partial charge in [0.1, 0.15) is 4.21 Å². The Labute approximate surface area is 118 Å². The van der Waals surface area contributed by atoms with E-state index in [1.807, 2.05) is 13.0 Å². The second-order valence-electron chi connectivity index (χ2n) is 3.79. The zero-order valence-corrected chi connectivity index (χ0v) is 12.7. The smallest absolute Gasteiger partial charge is 0.271 e. The minimum Gasteiger partial charge on any atom is -0.398 e. The summed E-state index contributed by atoms with van der Waals surface area (Å²) in [6, 6.07) is 6.90. The molecule has 0 spiro atoms. The number of sulfonamides is 1. The van der Waals surface area contributed by atoms with E-state index in [4.69, 9.17) is 5.73 Å². The molecule has 3 N–H and O–H groups in total. The van der Waals surface area contributed by atoms with Crippen LogP contribution in [0, 0.1) is 6.92 Å². The third-order valence-electron chi connectivity index (χ3n) is 2.23. The van der Waals surface area contributed by atoms with Gasteiger partial charge in [0.05, 0.1) is 5.69 Å². The molecule has 18 heavy (non-hydrogen) atoms. The predicted molar refractivity (Wildman–Crippen MR) is 78.4 cm³/mol. The van der Waals surface area contributed by atoms with Gasteiger partial charge in [0.15, 0.2) is 0 Å². The fourth-order valence-corrected chi connectivity index (χ4v) is 4.01. The fourth-order valence-electron chi connectivity index (χ4n) is 1.38. The molecule has 0 saturated heterocycles. The maximum Gasteiger partial charge on any atom is 0.271 e. The molecule has 1 heterocycles. The Kier molecular flexibility index (Phi) is 3.65. The number of hydrogen-bond donors (Lipinski definition) is 2. The number of rotatable bonds is 3. The van der Waals surface area contributed by atoms with E-state index in [-0.39, 0.29) is 4.21 Å². The maximum absolute atomic E-state index is 12.1. The maximum atomic E-state index is 12.1. The minimum absolute atomic E-state index is 0.202. The van der Waals surface area contributed by atoms with Gasteiger partial charge < -0.3 is 5.73 Å². The Bertz CT molecular complexity index is 680. The van der Waals surface area contributed by atoms with Gasteiger partial charge in [0.25, 0.3) is 10.0 Å². The molecule has 7 heteroatoms. The molecule has 0 aliphatic rings. The summed E-state index contributed by atoms with van der Waals surface area (Å²) in [5.74, 6) is 0. The molecule has 0 fully saturated rings. The van der Waals surface area contributed by atoms with Crippen LogP contribution in [-0.4, -0.2) is 8.42 Å². The van der Waals surface area contributed by atoms with Crippen LogP contribution < -0.4 is 10.5 Å². The van der Waals surface area contributed by atoms with Crippen LogP contribution in [0.25, 0.3) is 0 Å². The molecule has 0 radical (unpaired) electrons. The predicted octanol–water partition coefficient (Wildman–Crippen LogP) is 3.20. The second-order valence-corrected chi connectivity index (χ2v) is 7.46. The van der Waals surface area contributed by atoms with Crippen molar-refractivity contribution in [3.8, 4) is 0 Å². The third kappa shape index (κ3) is 2.85. The fraction of sp³-hybridized carbons (Fsp3) is 0.0909. The van der Waals surface area contributed by atoms with Crippen LogP contribution in [0.2, 0.25) is 0 Å². The van der Waals surface area contributed by atoms with Gasteiger partial charge >= 0.3 is 0 Å². The van der Waals surface area contributed by atoms with Crippen LogP contribution in [0.5, 0.6) is 0 Å². The lowest BCUT2D eigenvalue weighted by Gasteiger charge is -2.09. The highest BCUT2D eigenvalue weighted by atomic mass is 79.9. The van der Waals surface area contributed by atoms with Gasteiger partial charge in [-0.25, -0.2) is 8.42 Å². The summed E-state index contributed by atoms with van der Waals surface area (Å²) in [5, 5.41) is 1.60. The van der Waals surface area contributed by atoms with Crippen LogP contribution in [0.4, 0.5) is 11.4 Å². The van der Waals surface area contributed by atoms with Crippen molar-refractivity contribution in [2.75, 3.05) is 10.5 Å². The lowest BCUT2D eigenvalue weighted by Crippen LogP contribution is -2.12. The number of nitrogen functional groups attached to an aromatic ring is 1. The highest BCUT2D eigenvalue weighted by molar-refractivity contribution is 9.10. The molecule has 2 aromatic rings. The van der Waals surface area contributed by atoms with Crippen LogP contribution in [0.1, 0.15) is 5.56 Å². The largest absolute Gasteiger partial charge is 0.398 e. The number of anilines is 2.